The van der Waals surface area contributed by atoms with E-state index in [1.165, 1.54) is 31.2 Å². The second kappa shape index (κ2) is 8.50. The van der Waals surface area contributed by atoms with Crippen LogP contribution in [-0.4, -0.2) is 33.3 Å². The Morgan fingerprint density at radius 3 is 2.35 bits per heavy atom. The molecule has 1 heterocycles. The average Bonchev–Trinajstić information content (AvgIpc) is 2.72. The lowest BCUT2D eigenvalue weighted by Gasteiger charge is -2.21. The summed E-state index contributed by atoms with van der Waals surface area (Å²) in [6.07, 6.45) is 0.483. The summed E-state index contributed by atoms with van der Waals surface area (Å²) in [5.41, 5.74) is -2.19. The van der Waals surface area contributed by atoms with Gasteiger partial charge in [0.05, 0.1) is 17.5 Å². The standard InChI is InChI=1S/C21H16F3NO6/c1-2-31-21(30)13-9-25(15(20(28)29)7-10-3-5-11(26)6-4-10)18-12(19(13)27)8-14(22)16(23)17(18)24/h3-6,8-9,15,26H,2,7H2,1H3,(H,28,29). The van der Waals surface area contributed by atoms with Gasteiger partial charge in [-0.2, -0.15) is 0 Å². The first-order chi connectivity index (χ1) is 14.6. The Kier molecular flexibility index (Phi) is 6.00. The van der Waals surface area contributed by atoms with Crippen LogP contribution in [0.1, 0.15) is 28.9 Å². The SMILES string of the molecule is CCOC(=O)c1cn(C(Cc2ccc(O)cc2)C(=O)O)c2c(F)c(F)c(F)cc2c1=O. The van der Waals surface area contributed by atoms with Gasteiger partial charge < -0.3 is 19.5 Å². The minimum absolute atomic E-state index is 0.0716. The zero-order valence-corrected chi connectivity index (χ0v) is 16.1. The predicted octanol–water partition coefficient (Wildman–Crippen LogP) is 3.17. The van der Waals surface area contributed by atoms with E-state index in [0.717, 1.165) is 6.20 Å². The van der Waals surface area contributed by atoms with Crippen LogP contribution in [0.3, 0.4) is 0 Å². The number of carboxylic acids is 1. The Morgan fingerprint density at radius 1 is 1.13 bits per heavy atom. The molecule has 1 unspecified atom stereocenters. The number of halogens is 3. The maximum atomic E-state index is 14.7. The van der Waals surface area contributed by atoms with Crippen LogP contribution >= 0.6 is 0 Å². The molecule has 0 aliphatic carbocycles. The predicted molar refractivity (Wildman–Crippen MR) is 103 cm³/mol. The molecule has 0 radical (unpaired) electrons. The van der Waals surface area contributed by atoms with Crippen molar-refractivity contribution in [3.8, 4) is 5.75 Å². The molecule has 0 amide bonds. The molecule has 7 nitrogen and oxygen atoms in total. The molecule has 10 heteroatoms. The summed E-state index contributed by atoms with van der Waals surface area (Å²) in [4.78, 5) is 36.9. The van der Waals surface area contributed by atoms with E-state index in [2.05, 4.69) is 0 Å². The first-order valence-electron chi connectivity index (χ1n) is 9.05. The summed E-state index contributed by atoms with van der Waals surface area (Å²) in [7, 11) is 0. The highest BCUT2D eigenvalue weighted by molar-refractivity contribution is 5.94. The van der Waals surface area contributed by atoms with Crippen molar-refractivity contribution >= 4 is 22.8 Å². The van der Waals surface area contributed by atoms with Crippen molar-refractivity contribution in [3.05, 3.63) is 75.3 Å². The number of carbonyl (C=O) groups is 2. The molecule has 0 aliphatic heterocycles. The van der Waals surface area contributed by atoms with E-state index in [1.807, 2.05) is 0 Å². The number of carbonyl (C=O) groups excluding carboxylic acids is 1. The molecule has 162 valence electrons. The van der Waals surface area contributed by atoms with Gasteiger partial charge in [0.2, 0.25) is 5.43 Å². The molecule has 0 saturated carbocycles. The first kappa shape index (κ1) is 21.9. The number of esters is 1. The third kappa shape index (κ3) is 4.09. The molecule has 2 aromatic carbocycles. The van der Waals surface area contributed by atoms with Gasteiger partial charge in [-0.25, -0.2) is 22.8 Å². The van der Waals surface area contributed by atoms with Crippen LogP contribution in [0.4, 0.5) is 13.2 Å². The van der Waals surface area contributed by atoms with Crippen molar-refractivity contribution in [2.45, 2.75) is 19.4 Å². The molecule has 0 fully saturated rings. The monoisotopic (exact) mass is 435 g/mol. The summed E-state index contributed by atoms with van der Waals surface area (Å²) >= 11 is 0. The summed E-state index contributed by atoms with van der Waals surface area (Å²) in [5, 5.41) is 18.5. The molecule has 1 aromatic heterocycles. The molecule has 3 rings (SSSR count). The maximum absolute atomic E-state index is 14.7. The molecule has 0 aliphatic rings. The lowest BCUT2D eigenvalue weighted by Crippen LogP contribution is -2.28. The Bertz CT molecular complexity index is 1240. The largest absolute Gasteiger partial charge is 0.508 e. The van der Waals surface area contributed by atoms with Gasteiger partial charge in [-0.1, -0.05) is 12.1 Å². The fraction of sp³-hybridized carbons (Fsp3) is 0.190. The molecular weight excluding hydrogens is 419 g/mol. The number of rotatable bonds is 6. The molecule has 31 heavy (non-hydrogen) atoms. The molecule has 3 aromatic rings. The summed E-state index contributed by atoms with van der Waals surface area (Å²) in [5.74, 6) is -8.01. The number of aromatic hydroxyl groups is 1. The smallest absolute Gasteiger partial charge is 0.343 e. The fourth-order valence-electron chi connectivity index (χ4n) is 3.18. The zero-order valence-electron chi connectivity index (χ0n) is 16.1. The van der Waals surface area contributed by atoms with Crippen molar-refractivity contribution in [1.82, 2.24) is 4.57 Å². The number of phenolic OH excluding ortho intramolecular Hbond substituents is 1. The van der Waals surface area contributed by atoms with Crippen LogP contribution in [0, 0.1) is 17.5 Å². The van der Waals surface area contributed by atoms with E-state index in [9.17, 15) is 37.8 Å². The van der Waals surface area contributed by atoms with Gasteiger partial charge in [0.25, 0.3) is 0 Å². The number of hydrogen-bond donors (Lipinski definition) is 2. The maximum Gasteiger partial charge on any atom is 0.343 e. The second-order valence-electron chi connectivity index (χ2n) is 6.61. The Labute approximate surface area is 172 Å². The van der Waals surface area contributed by atoms with Crippen molar-refractivity contribution in [1.29, 1.82) is 0 Å². The van der Waals surface area contributed by atoms with E-state index in [4.69, 9.17) is 4.74 Å². The number of pyridine rings is 1. The number of hydrogen-bond acceptors (Lipinski definition) is 5. The van der Waals surface area contributed by atoms with E-state index >= 15 is 0 Å². The number of benzene rings is 2. The van der Waals surface area contributed by atoms with Gasteiger partial charge in [0.1, 0.15) is 17.4 Å². The van der Waals surface area contributed by atoms with E-state index in [-0.39, 0.29) is 18.8 Å². The van der Waals surface area contributed by atoms with Crippen LogP contribution in [0.15, 0.2) is 41.3 Å². The van der Waals surface area contributed by atoms with Gasteiger partial charge in [-0.3, -0.25) is 4.79 Å². The number of carboxylic acid groups (broad SMARTS) is 1. The topological polar surface area (TPSA) is 106 Å². The summed E-state index contributed by atoms with van der Waals surface area (Å²) in [6, 6.07) is 4.24. The molecule has 0 saturated heterocycles. The third-order valence-corrected chi connectivity index (χ3v) is 4.63. The van der Waals surface area contributed by atoms with Crippen LogP contribution < -0.4 is 5.43 Å². The van der Waals surface area contributed by atoms with Gasteiger partial charge in [0.15, 0.2) is 17.5 Å². The van der Waals surface area contributed by atoms with Crippen LogP contribution in [0.2, 0.25) is 0 Å². The highest BCUT2D eigenvalue weighted by atomic mass is 19.2. The normalized spacial score (nSPS) is 12.0. The lowest BCUT2D eigenvalue weighted by molar-refractivity contribution is -0.140. The fourth-order valence-corrected chi connectivity index (χ4v) is 3.18. The van der Waals surface area contributed by atoms with Crippen LogP contribution in [0.5, 0.6) is 5.75 Å². The van der Waals surface area contributed by atoms with E-state index in [0.29, 0.717) is 16.2 Å². The minimum Gasteiger partial charge on any atom is -0.508 e. The van der Waals surface area contributed by atoms with Gasteiger partial charge in [0, 0.05) is 12.6 Å². The molecule has 1 atom stereocenters. The number of ether oxygens (including phenoxy) is 1. The number of nitrogens with zero attached hydrogens (tertiary/aromatic N) is 1. The summed E-state index contributed by atoms with van der Waals surface area (Å²) < 4.78 is 47.9. The first-order valence-corrected chi connectivity index (χ1v) is 9.05. The minimum atomic E-state index is -1.89. The zero-order chi connectivity index (χ0) is 22.9. The summed E-state index contributed by atoms with van der Waals surface area (Å²) in [6.45, 7) is 1.36. The molecule has 0 bridgehead atoms. The van der Waals surface area contributed by atoms with Gasteiger partial charge >= 0.3 is 11.9 Å². The quantitative estimate of drug-likeness (QED) is 0.455. The van der Waals surface area contributed by atoms with Crippen molar-refractivity contribution in [2.24, 2.45) is 0 Å². The van der Waals surface area contributed by atoms with Crippen molar-refractivity contribution < 1.29 is 37.7 Å². The molecule has 2 N–H and O–H groups in total. The molecular formula is C21H16F3NO6. The van der Waals surface area contributed by atoms with Crippen LogP contribution in [0.25, 0.3) is 10.9 Å². The average molecular weight is 435 g/mol. The third-order valence-electron chi connectivity index (χ3n) is 4.63. The highest BCUT2D eigenvalue weighted by Crippen LogP contribution is 2.27. The number of aromatic nitrogens is 1. The number of phenols is 1. The Morgan fingerprint density at radius 2 is 1.77 bits per heavy atom. The lowest BCUT2D eigenvalue weighted by atomic mass is 10.0. The van der Waals surface area contributed by atoms with Gasteiger partial charge in [-0.05, 0) is 30.7 Å². The van der Waals surface area contributed by atoms with Gasteiger partial charge in [-0.15, -0.1) is 0 Å². The number of fused-ring (bicyclic) bond motifs is 1. The Hall–Kier alpha value is -3.82. The van der Waals surface area contributed by atoms with Crippen molar-refractivity contribution in [3.63, 3.8) is 0 Å². The Balaban J connectivity index is 2.33. The highest BCUT2D eigenvalue weighted by Gasteiger charge is 2.29. The van der Waals surface area contributed by atoms with Crippen LogP contribution in [-0.2, 0) is 16.0 Å². The molecule has 0 spiro atoms. The van der Waals surface area contributed by atoms with E-state index < -0.39 is 57.3 Å². The van der Waals surface area contributed by atoms with Crippen molar-refractivity contribution in [2.75, 3.05) is 6.61 Å². The number of aliphatic carboxylic acids is 1. The second-order valence-corrected chi connectivity index (χ2v) is 6.61. The van der Waals surface area contributed by atoms with E-state index in [1.54, 1.807) is 0 Å².